The van der Waals surface area contributed by atoms with E-state index >= 15 is 0 Å². The standard InChI is InChI=1S/C17H26BrN3O.ClH/c1-19-11-14-4-5-20(12-14)13-15-2-3-16(18)10-17(15)21-6-8-22-9-7-21;/h2-3,10,14,19H,4-9,11-13H2,1H3;1H. The van der Waals surface area contributed by atoms with Crippen molar-refractivity contribution < 1.29 is 4.74 Å². The second kappa shape index (κ2) is 9.23. The lowest BCUT2D eigenvalue weighted by atomic mass is 10.1. The van der Waals surface area contributed by atoms with Crippen molar-refractivity contribution in [3.8, 4) is 0 Å². The van der Waals surface area contributed by atoms with Crippen molar-refractivity contribution in [2.45, 2.75) is 13.0 Å². The lowest BCUT2D eigenvalue weighted by Gasteiger charge is -2.31. The van der Waals surface area contributed by atoms with Crippen LogP contribution in [-0.2, 0) is 11.3 Å². The number of nitrogens with zero attached hydrogens (tertiary/aromatic N) is 2. The first-order valence-electron chi connectivity index (χ1n) is 8.24. The van der Waals surface area contributed by atoms with Crippen molar-refractivity contribution in [2.75, 3.05) is 57.9 Å². The molecule has 2 aliphatic heterocycles. The molecule has 3 rings (SSSR count). The lowest BCUT2D eigenvalue weighted by molar-refractivity contribution is 0.122. The van der Waals surface area contributed by atoms with Crippen LogP contribution in [0, 0.1) is 5.92 Å². The van der Waals surface area contributed by atoms with Gasteiger partial charge in [0.25, 0.3) is 0 Å². The normalized spacial score (nSPS) is 22.2. The molecule has 130 valence electrons. The molecule has 4 nitrogen and oxygen atoms in total. The van der Waals surface area contributed by atoms with Crippen molar-refractivity contribution in [1.29, 1.82) is 0 Å². The molecule has 1 aromatic carbocycles. The SMILES string of the molecule is CNCC1CCN(Cc2ccc(Br)cc2N2CCOCC2)C1.Cl. The van der Waals surface area contributed by atoms with Crippen LogP contribution < -0.4 is 10.2 Å². The zero-order valence-electron chi connectivity index (χ0n) is 13.8. The van der Waals surface area contributed by atoms with Gasteiger partial charge in [0.1, 0.15) is 0 Å². The van der Waals surface area contributed by atoms with Crippen LogP contribution >= 0.6 is 28.3 Å². The second-order valence-electron chi connectivity index (χ2n) is 6.32. The number of ether oxygens (including phenoxy) is 1. The number of hydrogen-bond acceptors (Lipinski definition) is 4. The summed E-state index contributed by atoms with van der Waals surface area (Å²) >= 11 is 3.63. The van der Waals surface area contributed by atoms with Crippen LogP contribution in [0.4, 0.5) is 5.69 Å². The first-order valence-corrected chi connectivity index (χ1v) is 9.03. The lowest BCUT2D eigenvalue weighted by Crippen LogP contribution is -2.37. The predicted octanol–water partition coefficient (Wildman–Crippen LogP) is 2.75. The van der Waals surface area contributed by atoms with Crippen LogP contribution in [0.25, 0.3) is 0 Å². The summed E-state index contributed by atoms with van der Waals surface area (Å²) in [5, 5.41) is 3.31. The highest BCUT2D eigenvalue weighted by Gasteiger charge is 2.23. The monoisotopic (exact) mass is 403 g/mol. The van der Waals surface area contributed by atoms with Crippen LogP contribution in [-0.4, -0.2) is 57.9 Å². The zero-order valence-corrected chi connectivity index (χ0v) is 16.2. The van der Waals surface area contributed by atoms with Crippen molar-refractivity contribution >= 4 is 34.0 Å². The van der Waals surface area contributed by atoms with Crippen LogP contribution in [0.3, 0.4) is 0 Å². The summed E-state index contributed by atoms with van der Waals surface area (Å²) in [4.78, 5) is 5.06. The molecule has 1 N–H and O–H groups in total. The van der Waals surface area contributed by atoms with Gasteiger partial charge in [0, 0.05) is 36.3 Å². The van der Waals surface area contributed by atoms with E-state index in [1.54, 1.807) is 0 Å². The molecule has 1 aromatic rings. The van der Waals surface area contributed by atoms with Crippen molar-refractivity contribution in [2.24, 2.45) is 5.92 Å². The summed E-state index contributed by atoms with van der Waals surface area (Å²) in [6, 6.07) is 6.71. The Hall–Kier alpha value is -0.330. The molecule has 23 heavy (non-hydrogen) atoms. The summed E-state index contributed by atoms with van der Waals surface area (Å²) in [7, 11) is 2.05. The molecule has 1 unspecified atom stereocenters. The maximum atomic E-state index is 5.49. The molecule has 0 amide bonds. The molecule has 1 atom stereocenters. The largest absolute Gasteiger partial charge is 0.378 e. The number of likely N-dealkylation sites (tertiary alicyclic amines) is 1. The van der Waals surface area contributed by atoms with E-state index in [4.69, 9.17) is 4.74 Å². The van der Waals surface area contributed by atoms with Gasteiger partial charge in [-0.25, -0.2) is 0 Å². The van der Waals surface area contributed by atoms with Crippen molar-refractivity contribution in [3.05, 3.63) is 28.2 Å². The van der Waals surface area contributed by atoms with Crippen LogP contribution in [0.2, 0.25) is 0 Å². The third-order valence-corrected chi connectivity index (χ3v) is 5.15. The Kier molecular flexibility index (Phi) is 7.63. The van der Waals surface area contributed by atoms with Gasteiger partial charge in [-0.15, -0.1) is 12.4 Å². The molecule has 0 aliphatic carbocycles. The maximum absolute atomic E-state index is 5.49. The maximum Gasteiger partial charge on any atom is 0.0642 e. The van der Waals surface area contributed by atoms with Crippen LogP contribution in [0.1, 0.15) is 12.0 Å². The Morgan fingerprint density at radius 3 is 2.78 bits per heavy atom. The number of anilines is 1. The molecule has 0 spiro atoms. The minimum absolute atomic E-state index is 0. The van der Waals surface area contributed by atoms with Crippen molar-refractivity contribution in [1.82, 2.24) is 10.2 Å². The fraction of sp³-hybridized carbons (Fsp3) is 0.647. The van der Waals surface area contributed by atoms with Gasteiger partial charge in [0.2, 0.25) is 0 Å². The molecule has 2 heterocycles. The molecule has 0 saturated carbocycles. The highest BCUT2D eigenvalue weighted by Crippen LogP contribution is 2.28. The minimum Gasteiger partial charge on any atom is -0.378 e. The number of hydrogen-bond donors (Lipinski definition) is 1. The summed E-state index contributed by atoms with van der Waals surface area (Å²) in [5.41, 5.74) is 2.81. The van der Waals surface area contributed by atoms with Gasteiger partial charge in [-0.2, -0.15) is 0 Å². The topological polar surface area (TPSA) is 27.7 Å². The first-order chi connectivity index (χ1) is 10.8. The smallest absolute Gasteiger partial charge is 0.0642 e. The Bertz CT molecular complexity index is 497. The molecule has 2 saturated heterocycles. The molecule has 0 bridgehead atoms. The van der Waals surface area contributed by atoms with E-state index in [2.05, 4.69) is 49.2 Å². The Morgan fingerprint density at radius 1 is 1.26 bits per heavy atom. The van der Waals surface area contributed by atoms with E-state index in [-0.39, 0.29) is 12.4 Å². The molecular weight excluding hydrogens is 378 g/mol. The average Bonchev–Trinajstić information content (AvgIpc) is 2.98. The van der Waals surface area contributed by atoms with E-state index in [0.29, 0.717) is 0 Å². The second-order valence-corrected chi connectivity index (χ2v) is 7.24. The molecule has 0 radical (unpaired) electrons. The highest BCUT2D eigenvalue weighted by atomic mass is 79.9. The van der Waals surface area contributed by atoms with Crippen LogP contribution in [0.15, 0.2) is 22.7 Å². The number of benzene rings is 1. The number of nitrogens with one attached hydrogen (secondary N) is 1. The molecule has 6 heteroatoms. The van der Waals surface area contributed by atoms with Gasteiger partial charge >= 0.3 is 0 Å². The van der Waals surface area contributed by atoms with Gasteiger partial charge < -0.3 is 15.0 Å². The Labute approximate surface area is 154 Å². The minimum atomic E-state index is 0. The quantitative estimate of drug-likeness (QED) is 0.817. The summed E-state index contributed by atoms with van der Waals surface area (Å²) in [5.74, 6) is 0.798. The van der Waals surface area contributed by atoms with E-state index in [1.807, 2.05) is 7.05 Å². The van der Waals surface area contributed by atoms with Gasteiger partial charge in [-0.3, -0.25) is 4.90 Å². The fourth-order valence-corrected chi connectivity index (χ4v) is 3.87. The summed E-state index contributed by atoms with van der Waals surface area (Å²) in [6.45, 7) is 8.26. The molecular formula is C17H27BrClN3O. The van der Waals surface area contributed by atoms with E-state index in [9.17, 15) is 0 Å². The molecule has 2 aliphatic rings. The van der Waals surface area contributed by atoms with Crippen LogP contribution in [0.5, 0.6) is 0 Å². The van der Waals surface area contributed by atoms with Crippen molar-refractivity contribution in [3.63, 3.8) is 0 Å². The summed E-state index contributed by atoms with van der Waals surface area (Å²) in [6.07, 6.45) is 1.31. The van der Waals surface area contributed by atoms with Gasteiger partial charge in [-0.1, -0.05) is 22.0 Å². The first kappa shape index (κ1) is 19.0. The van der Waals surface area contributed by atoms with Gasteiger partial charge in [0.05, 0.1) is 13.2 Å². The van der Waals surface area contributed by atoms with E-state index < -0.39 is 0 Å². The third kappa shape index (κ3) is 5.07. The summed E-state index contributed by atoms with van der Waals surface area (Å²) < 4.78 is 6.65. The van der Waals surface area contributed by atoms with Gasteiger partial charge in [0.15, 0.2) is 0 Å². The number of rotatable bonds is 5. The third-order valence-electron chi connectivity index (χ3n) is 4.66. The zero-order chi connectivity index (χ0) is 15.4. The highest BCUT2D eigenvalue weighted by molar-refractivity contribution is 9.10. The number of halogens is 2. The molecule has 2 fully saturated rings. The average molecular weight is 405 g/mol. The number of morpholine rings is 1. The fourth-order valence-electron chi connectivity index (χ4n) is 3.52. The van der Waals surface area contributed by atoms with E-state index in [1.165, 1.54) is 30.8 Å². The Morgan fingerprint density at radius 2 is 2.04 bits per heavy atom. The Balaban J connectivity index is 0.00000192. The van der Waals surface area contributed by atoms with E-state index in [0.717, 1.165) is 49.8 Å². The van der Waals surface area contributed by atoms with Gasteiger partial charge in [-0.05, 0) is 50.2 Å². The predicted molar refractivity (Wildman–Crippen MR) is 102 cm³/mol. The molecule has 0 aromatic heterocycles.